The molecular formula is C11H17NO3. The summed E-state index contributed by atoms with van der Waals surface area (Å²) in [5.74, 6) is 0.232. The Labute approximate surface area is 89.2 Å². The maximum atomic E-state index is 11.4. The van der Waals surface area contributed by atoms with Crippen molar-refractivity contribution in [3.63, 3.8) is 0 Å². The average Bonchev–Trinajstić information content (AvgIpc) is 2.67. The van der Waals surface area contributed by atoms with Crippen molar-refractivity contribution < 1.29 is 9.72 Å². The molecule has 2 fully saturated rings. The normalized spacial score (nSPS) is 30.4. The predicted octanol–water partition coefficient (Wildman–Crippen LogP) is 2.34. The van der Waals surface area contributed by atoms with Gasteiger partial charge in [0.15, 0.2) is 0 Å². The summed E-state index contributed by atoms with van der Waals surface area (Å²) in [5, 5.41) is 11.2. The summed E-state index contributed by atoms with van der Waals surface area (Å²) >= 11 is 0. The van der Waals surface area contributed by atoms with E-state index in [9.17, 15) is 14.9 Å². The first-order chi connectivity index (χ1) is 7.15. The zero-order valence-corrected chi connectivity index (χ0v) is 8.91. The van der Waals surface area contributed by atoms with Crippen LogP contribution < -0.4 is 0 Å². The summed E-state index contributed by atoms with van der Waals surface area (Å²) in [5.41, 5.74) is -0.754. The van der Waals surface area contributed by atoms with Crippen molar-refractivity contribution in [3.05, 3.63) is 10.1 Å². The van der Waals surface area contributed by atoms with Crippen molar-refractivity contribution in [1.29, 1.82) is 0 Å². The van der Waals surface area contributed by atoms with Gasteiger partial charge in [-0.25, -0.2) is 0 Å². The molecule has 0 bridgehead atoms. The zero-order chi connectivity index (χ0) is 10.9. The van der Waals surface area contributed by atoms with Crippen LogP contribution in [-0.2, 0) is 4.79 Å². The summed E-state index contributed by atoms with van der Waals surface area (Å²) < 4.78 is 0. The number of carbonyl (C=O) groups is 1. The van der Waals surface area contributed by atoms with Gasteiger partial charge in [0.05, 0.1) is 0 Å². The Balaban J connectivity index is 2.17. The van der Waals surface area contributed by atoms with Gasteiger partial charge in [-0.05, 0) is 25.7 Å². The smallest absolute Gasteiger partial charge is 0.225 e. The minimum absolute atomic E-state index is 0.0104. The molecule has 0 saturated heterocycles. The van der Waals surface area contributed by atoms with Crippen molar-refractivity contribution >= 4 is 5.78 Å². The van der Waals surface area contributed by atoms with Crippen molar-refractivity contribution in [3.8, 4) is 0 Å². The van der Waals surface area contributed by atoms with Gasteiger partial charge in [-0.3, -0.25) is 14.9 Å². The molecule has 0 aliphatic heterocycles. The highest BCUT2D eigenvalue weighted by atomic mass is 16.6. The van der Waals surface area contributed by atoms with E-state index in [1.807, 2.05) is 0 Å². The Morgan fingerprint density at radius 2 is 1.93 bits per heavy atom. The van der Waals surface area contributed by atoms with Gasteiger partial charge in [0.25, 0.3) is 0 Å². The number of nitro groups is 1. The number of rotatable bonds is 2. The minimum atomic E-state index is -0.754. The van der Waals surface area contributed by atoms with Crippen LogP contribution in [-0.4, -0.2) is 16.2 Å². The lowest BCUT2D eigenvalue weighted by Gasteiger charge is -2.31. The van der Waals surface area contributed by atoms with Gasteiger partial charge in [-0.2, -0.15) is 0 Å². The molecule has 0 spiro atoms. The first kappa shape index (κ1) is 10.6. The fourth-order valence-corrected chi connectivity index (χ4v) is 3.21. The fraction of sp³-hybridized carbons (Fsp3) is 0.909. The Bertz CT molecular complexity index is 282. The maximum absolute atomic E-state index is 11.4. The van der Waals surface area contributed by atoms with Crippen LogP contribution in [0.15, 0.2) is 0 Å². The highest BCUT2D eigenvalue weighted by Crippen LogP contribution is 2.44. The van der Waals surface area contributed by atoms with E-state index >= 15 is 0 Å². The third-order valence-electron chi connectivity index (χ3n) is 4.08. The number of hydrogen-bond donors (Lipinski definition) is 0. The average molecular weight is 211 g/mol. The Morgan fingerprint density at radius 3 is 2.47 bits per heavy atom. The van der Waals surface area contributed by atoms with E-state index in [4.69, 9.17) is 0 Å². The zero-order valence-electron chi connectivity index (χ0n) is 8.91. The van der Waals surface area contributed by atoms with E-state index in [1.165, 1.54) is 0 Å². The van der Waals surface area contributed by atoms with Gasteiger partial charge < -0.3 is 0 Å². The molecule has 0 amide bonds. The van der Waals surface area contributed by atoms with Crippen LogP contribution in [0.5, 0.6) is 0 Å². The van der Waals surface area contributed by atoms with Crippen LogP contribution in [0.1, 0.15) is 51.4 Å². The summed E-state index contributed by atoms with van der Waals surface area (Å²) in [6.45, 7) is 0. The van der Waals surface area contributed by atoms with E-state index in [1.54, 1.807) is 0 Å². The van der Waals surface area contributed by atoms with Gasteiger partial charge >= 0.3 is 0 Å². The number of carbonyl (C=O) groups excluding carboxylic acids is 1. The molecule has 4 heteroatoms. The number of hydrogen-bond acceptors (Lipinski definition) is 3. The van der Waals surface area contributed by atoms with Crippen LogP contribution in [0.25, 0.3) is 0 Å². The number of ketones is 1. The first-order valence-electron chi connectivity index (χ1n) is 5.81. The molecule has 15 heavy (non-hydrogen) atoms. The molecule has 0 radical (unpaired) electrons. The lowest BCUT2D eigenvalue weighted by Crippen LogP contribution is -2.45. The second-order valence-corrected chi connectivity index (χ2v) is 4.90. The first-order valence-corrected chi connectivity index (χ1v) is 5.81. The standard InChI is InChI=1S/C11H17NO3/c13-10-5-3-4-9(8-10)11(12(14)15)6-1-2-7-11/h9H,1-8H2/t9-/m1/s1. The molecule has 2 saturated carbocycles. The molecule has 4 nitrogen and oxygen atoms in total. The molecule has 2 rings (SSSR count). The van der Waals surface area contributed by atoms with Gasteiger partial charge in [0, 0.05) is 36.5 Å². The van der Waals surface area contributed by atoms with Crippen LogP contribution in [0.2, 0.25) is 0 Å². The van der Waals surface area contributed by atoms with Crippen LogP contribution in [0.3, 0.4) is 0 Å². The molecule has 0 aromatic heterocycles. The Kier molecular flexibility index (Phi) is 2.76. The lowest BCUT2D eigenvalue weighted by atomic mass is 9.73. The van der Waals surface area contributed by atoms with E-state index in [2.05, 4.69) is 0 Å². The predicted molar refractivity (Wildman–Crippen MR) is 55.2 cm³/mol. The molecule has 0 unspecified atom stereocenters. The molecule has 2 aliphatic carbocycles. The van der Waals surface area contributed by atoms with Crippen molar-refractivity contribution in [1.82, 2.24) is 0 Å². The second kappa shape index (κ2) is 3.91. The monoisotopic (exact) mass is 211 g/mol. The fourth-order valence-electron chi connectivity index (χ4n) is 3.21. The van der Waals surface area contributed by atoms with Crippen LogP contribution in [0, 0.1) is 16.0 Å². The molecule has 0 aromatic carbocycles. The van der Waals surface area contributed by atoms with Crippen LogP contribution >= 0.6 is 0 Å². The lowest BCUT2D eigenvalue weighted by molar-refractivity contribution is -0.580. The Hall–Kier alpha value is -0.930. The highest BCUT2D eigenvalue weighted by Gasteiger charge is 2.52. The molecule has 0 heterocycles. The van der Waals surface area contributed by atoms with Crippen LogP contribution in [0.4, 0.5) is 0 Å². The highest BCUT2D eigenvalue weighted by molar-refractivity contribution is 5.79. The SMILES string of the molecule is O=C1CCC[C@@H](C2([N+](=O)[O-])CCCC2)C1. The molecule has 1 atom stereocenters. The topological polar surface area (TPSA) is 60.2 Å². The second-order valence-electron chi connectivity index (χ2n) is 4.90. The molecule has 84 valence electrons. The summed E-state index contributed by atoms with van der Waals surface area (Å²) in [6.07, 6.45) is 6.05. The summed E-state index contributed by atoms with van der Waals surface area (Å²) in [6, 6.07) is 0. The van der Waals surface area contributed by atoms with Gasteiger partial charge in [0.1, 0.15) is 5.78 Å². The summed E-state index contributed by atoms with van der Waals surface area (Å²) in [7, 11) is 0. The largest absolute Gasteiger partial charge is 0.300 e. The third kappa shape index (κ3) is 1.77. The van der Waals surface area contributed by atoms with E-state index in [0.29, 0.717) is 25.7 Å². The van der Waals surface area contributed by atoms with Gasteiger partial charge in [-0.1, -0.05) is 0 Å². The van der Waals surface area contributed by atoms with Crippen molar-refractivity contribution in [2.75, 3.05) is 0 Å². The number of nitrogens with zero attached hydrogens (tertiary/aromatic N) is 1. The maximum Gasteiger partial charge on any atom is 0.225 e. The Morgan fingerprint density at radius 1 is 1.27 bits per heavy atom. The van der Waals surface area contributed by atoms with E-state index < -0.39 is 5.54 Å². The quantitative estimate of drug-likeness (QED) is 0.520. The van der Waals surface area contributed by atoms with Crippen molar-refractivity contribution in [2.45, 2.75) is 56.9 Å². The number of Topliss-reactive ketones (excluding diaryl/α,β-unsaturated/α-hetero) is 1. The van der Waals surface area contributed by atoms with Crippen molar-refractivity contribution in [2.24, 2.45) is 5.92 Å². The van der Waals surface area contributed by atoms with E-state index in [0.717, 1.165) is 25.7 Å². The third-order valence-corrected chi connectivity index (χ3v) is 4.08. The summed E-state index contributed by atoms with van der Waals surface area (Å²) in [4.78, 5) is 22.5. The van der Waals surface area contributed by atoms with E-state index in [-0.39, 0.29) is 16.6 Å². The molecular weight excluding hydrogens is 194 g/mol. The molecule has 0 aromatic rings. The molecule has 2 aliphatic rings. The van der Waals surface area contributed by atoms with Gasteiger partial charge in [-0.15, -0.1) is 0 Å². The minimum Gasteiger partial charge on any atom is -0.300 e. The molecule has 0 N–H and O–H groups in total. The van der Waals surface area contributed by atoms with Gasteiger partial charge in [0.2, 0.25) is 5.54 Å².